The van der Waals surface area contributed by atoms with Gasteiger partial charge in [-0.2, -0.15) is 0 Å². The van der Waals surface area contributed by atoms with Crippen LogP contribution in [0.4, 0.5) is 4.39 Å². The Kier molecular flexibility index (Phi) is 5.06. The van der Waals surface area contributed by atoms with E-state index in [4.69, 9.17) is 4.42 Å². The molecule has 0 aliphatic heterocycles. The molecule has 4 nitrogen and oxygen atoms in total. The summed E-state index contributed by atoms with van der Waals surface area (Å²) in [6, 6.07) is 4.89. The molecule has 1 heterocycles. The molecular formula is C17H24FN3O. The number of nitrogens with zero attached hydrogens (tertiary/aromatic N) is 1. The Morgan fingerprint density at radius 3 is 2.68 bits per heavy atom. The summed E-state index contributed by atoms with van der Waals surface area (Å²) in [5, 5.41) is 7.39. The quantitative estimate of drug-likeness (QED) is 0.670. The highest BCUT2D eigenvalue weighted by atomic mass is 19.1. The molecule has 1 atom stereocenters. The monoisotopic (exact) mass is 305 g/mol. The standard InChI is InChI=1S/C17H24FN3O/c1-10(2)12(4)21-17(19-5)20-9-16-11(3)14-8-13(18)6-7-15(14)22-16/h6-8,10,12H,9H2,1-5H3,(H2,19,20,21). The Labute approximate surface area is 130 Å². The number of furan rings is 1. The van der Waals surface area contributed by atoms with Gasteiger partial charge < -0.3 is 15.1 Å². The lowest BCUT2D eigenvalue weighted by molar-refractivity contribution is 0.477. The second kappa shape index (κ2) is 6.81. The summed E-state index contributed by atoms with van der Waals surface area (Å²) in [5.41, 5.74) is 1.66. The Balaban J connectivity index is 2.09. The van der Waals surface area contributed by atoms with Crippen molar-refractivity contribution >= 4 is 16.9 Å². The van der Waals surface area contributed by atoms with Crippen LogP contribution in [0.5, 0.6) is 0 Å². The lowest BCUT2D eigenvalue weighted by atomic mass is 10.1. The summed E-state index contributed by atoms with van der Waals surface area (Å²) in [6.07, 6.45) is 0. The maximum Gasteiger partial charge on any atom is 0.191 e. The van der Waals surface area contributed by atoms with E-state index in [-0.39, 0.29) is 5.82 Å². The molecule has 2 rings (SSSR count). The number of aliphatic imine (C=N–C) groups is 1. The van der Waals surface area contributed by atoms with Crippen molar-refractivity contribution in [1.29, 1.82) is 0 Å². The largest absolute Gasteiger partial charge is 0.459 e. The second-order valence-electron chi connectivity index (χ2n) is 5.89. The topological polar surface area (TPSA) is 49.6 Å². The van der Waals surface area contributed by atoms with E-state index in [2.05, 4.69) is 36.4 Å². The van der Waals surface area contributed by atoms with Gasteiger partial charge in [-0.1, -0.05) is 13.8 Å². The molecule has 0 aliphatic carbocycles. The van der Waals surface area contributed by atoms with Crippen molar-refractivity contribution in [2.75, 3.05) is 7.05 Å². The van der Waals surface area contributed by atoms with Crippen molar-refractivity contribution in [3.8, 4) is 0 Å². The van der Waals surface area contributed by atoms with Crippen LogP contribution in [0, 0.1) is 18.7 Å². The van der Waals surface area contributed by atoms with Crippen LogP contribution in [0.15, 0.2) is 27.6 Å². The smallest absolute Gasteiger partial charge is 0.191 e. The van der Waals surface area contributed by atoms with Gasteiger partial charge in [-0.3, -0.25) is 4.99 Å². The number of benzene rings is 1. The molecule has 0 saturated carbocycles. The van der Waals surface area contributed by atoms with Crippen LogP contribution < -0.4 is 10.6 Å². The van der Waals surface area contributed by atoms with Crippen molar-refractivity contribution in [2.24, 2.45) is 10.9 Å². The summed E-state index contributed by atoms with van der Waals surface area (Å²) in [7, 11) is 1.74. The van der Waals surface area contributed by atoms with E-state index in [0.717, 1.165) is 22.7 Å². The number of fused-ring (bicyclic) bond motifs is 1. The van der Waals surface area contributed by atoms with E-state index in [1.807, 2.05) is 6.92 Å². The Bertz CT molecular complexity index is 676. The van der Waals surface area contributed by atoms with Gasteiger partial charge in [-0.15, -0.1) is 0 Å². The van der Waals surface area contributed by atoms with Crippen molar-refractivity contribution in [1.82, 2.24) is 10.6 Å². The summed E-state index contributed by atoms with van der Waals surface area (Å²) in [6.45, 7) is 8.88. The fraction of sp³-hybridized carbons (Fsp3) is 0.471. The number of halogens is 1. The van der Waals surface area contributed by atoms with Gasteiger partial charge in [-0.25, -0.2) is 4.39 Å². The van der Waals surface area contributed by atoms with Crippen molar-refractivity contribution in [3.05, 3.63) is 35.3 Å². The fourth-order valence-electron chi connectivity index (χ4n) is 2.15. The summed E-state index contributed by atoms with van der Waals surface area (Å²) in [4.78, 5) is 4.22. The van der Waals surface area contributed by atoms with E-state index in [1.54, 1.807) is 13.1 Å². The predicted molar refractivity (Wildman–Crippen MR) is 88.5 cm³/mol. The van der Waals surface area contributed by atoms with Crippen molar-refractivity contribution in [2.45, 2.75) is 40.3 Å². The fourth-order valence-corrected chi connectivity index (χ4v) is 2.15. The van der Waals surface area contributed by atoms with Gasteiger partial charge >= 0.3 is 0 Å². The number of hydrogen-bond acceptors (Lipinski definition) is 2. The average Bonchev–Trinajstić information content (AvgIpc) is 2.79. The summed E-state index contributed by atoms with van der Waals surface area (Å²) in [5.74, 6) is 1.78. The Morgan fingerprint density at radius 2 is 2.05 bits per heavy atom. The molecule has 1 unspecified atom stereocenters. The third kappa shape index (κ3) is 3.59. The maximum atomic E-state index is 13.3. The van der Waals surface area contributed by atoms with Crippen LogP contribution in [0.3, 0.4) is 0 Å². The van der Waals surface area contributed by atoms with Crippen LogP contribution in [0.1, 0.15) is 32.1 Å². The van der Waals surface area contributed by atoms with E-state index >= 15 is 0 Å². The Morgan fingerprint density at radius 1 is 1.32 bits per heavy atom. The normalized spacial score (nSPS) is 13.7. The van der Waals surface area contributed by atoms with Gasteiger partial charge in [-0.05, 0) is 38.0 Å². The predicted octanol–water partition coefficient (Wildman–Crippen LogP) is 3.59. The molecule has 0 aliphatic rings. The van der Waals surface area contributed by atoms with Crippen molar-refractivity contribution < 1.29 is 8.81 Å². The molecule has 2 aromatic rings. The zero-order valence-corrected chi connectivity index (χ0v) is 13.8. The van der Waals surface area contributed by atoms with Gasteiger partial charge in [0.2, 0.25) is 0 Å². The van der Waals surface area contributed by atoms with Crippen LogP contribution >= 0.6 is 0 Å². The SMILES string of the molecule is CN=C(NCc1oc2ccc(F)cc2c1C)NC(C)C(C)C. The van der Waals surface area contributed by atoms with Crippen LogP contribution in [0.25, 0.3) is 11.0 Å². The zero-order valence-electron chi connectivity index (χ0n) is 13.8. The first-order valence-electron chi connectivity index (χ1n) is 7.57. The average molecular weight is 305 g/mol. The lowest BCUT2D eigenvalue weighted by Crippen LogP contribution is -2.43. The number of nitrogens with one attached hydrogen (secondary N) is 2. The molecule has 0 fully saturated rings. The minimum Gasteiger partial charge on any atom is -0.459 e. The second-order valence-corrected chi connectivity index (χ2v) is 5.89. The molecule has 120 valence electrons. The van der Waals surface area contributed by atoms with Gasteiger partial charge in [0.1, 0.15) is 17.2 Å². The van der Waals surface area contributed by atoms with E-state index in [9.17, 15) is 4.39 Å². The molecule has 2 N–H and O–H groups in total. The third-order valence-electron chi connectivity index (χ3n) is 4.00. The minimum atomic E-state index is -0.251. The van der Waals surface area contributed by atoms with E-state index in [0.29, 0.717) is 24.1 Å². The number of aryl methyl sites for hydroxylation is 1. The highest BCUT2D eigenvalue weighted by molar-refractivity contribution is 5.83. The molecule has 0 amide bonds. The first-order chi connectivity index (χ1) is 10.4. The highest BCUT2D eigenvalue weighted by Gasteiger charge is 2.13. The van der Waals surface area contributed by atoms with Gasteiger partial charge in [0.05, 0.1) is 6.54 Å². The Hall–Kier alpha value is -2.04. The van der Waals surface area contributed by atoms with Gasteiger partial charge in [0.15, 0.2) is 5.96 Å². The van der Waals surface area contributed by atoms with E-state index < -0.39 is 0 Å². The molecule has 0 saturated heterocycles. The summed E-state index contributed by atoms with van der Waals surface area (Å²) < 4.78 is 19.1. The number of rotatable bonds is 4. The molecular weight excluding hydrogens is 281 g/mol. The summed E-state index contributed by atoms with van der Waals surface area (Å²) >= 11 is 0. The molecule has 0 spiro atoms. The zero-order chi connectivity index (χ0) is 16.3. The molecule has 22 heavy (non-hydrogen) atoms. The minimum absolute atomic E-state index is 0.251. The van der Waals surface area contributed by atoms with Gasteiger partial charge in [0, 0.05) is 24.0 Å². The molecule has 5 heteroatoms. The molecule has 1 aromatic heterocycles. The van der Waals surface area contributed by atoms with Crippen molar-refractivity contribution in [3.63, 3.8) is 0 Å². The highest BCUT2D eigenvalue weighted by Crippen LogP contribution is 2.25. The molecule has 1 aromatic carbocycles. The first-order valence-corrected chi connectivity index (χ1v) is 7.57. The number of hydrogen-bond donors (Lipinski definition) is 2. The molecule has 0 radical (unpaired) electrons. The van der Waals surface area contributed by atoms with E-state index in [1.165, 1.54) is 12.1 Å². The van der Waals surface area contributed by atoms with Crippen LogP contribution in [-0.4, -0.2) is 19.0 Å². The van der Waals surface area contributed by atoms with Crippen LogP contribution in [-0.2, 0) is 6.54 Å². The maximum absolute atomic E-state index is 13.3. The molecule has 0 bridgehead atoms. The van der Waals surface area contributed by atoms with Crippen LogP contribution in [0.2, 0.25) is 0 Å². The lowest BCUT2D eigenvalue weighted by Gasteiger charge is -2.20. The number of guanidine groups is 1. The van der Waals surface area contributed by atoms with Gasteiger partial charge in [0.25, 0.3) is 0 Å². The third-order valence-corrected chi connectivity index (χ3v) is 4.00. The first kappa shape index (κ1) is 16.3.